The minimum atomic E-state index is 0.550. The molecular weight excluding hydrogens is 841 g/mol. The Kier molecular flexibility index (Phi) is 7.97. The molecule has 0 fully saturated rings. The van der Waals surface area contributed by atoms with Crippen molar-refractivity contribution in [3.05, 3.63) is 231 Å². The Morgan fingerprint density at radius 1 is 0.232 bits per heavy atom. The zero-order valence-corrected chi connectivity index (χ0v) is 37.1. The molecule has 0 spiro atoms. The van der Waals surface area contributed by atoms with Gasteiger partial charge in [0, 0.05) is 54.8 Å². The SMILES string of the molecule is c1ccc(-c2nc(-c3ccc4c5ccccc5n(-c5ccccc5)c4c3)nc(-n3c4ccccc4c4ccc5c6ccccc6n(-c6ccc7c8ccccc8c8ccccc8c7c6)c5c43)n2)cc1. The van der Waals surface area contributed by atoms with Crippen molar-refractivity contribution in [3.63, 3.8) is 0 Å². The molecule has 0 unspecified atom stereocenters. The van der Waals surface area contributed by atoms with Crippen molar-refractivity contribution < 1.29 is 0 Å². The van der Waals surface area contributed by atoms with Gasteiger partial charge >= 0.3 is 0 Å². The monoisotopic (exact) mass is 878 g/mol. The largest absolute Gasteiger partial charge is 0.309 e. The molecule has 11 aromatic carbocycles. The topological polar surface area (TPSA) is 53.5 Å². The molecule has 15 rings (SSSR count). The normalized spacial score (nSPS) is 12.1. The summed E-state index contributed by atoms with van der Waals surface area (Å²) in [5.41, 5.74) is 10.5. The second-order valence-electron chi connectivity index (χ2n) is 18.0. The number of nitrogens with zero attached hydrogens (tertiary/aromatic N) is 6. The zero-order chi connectivity index (χ0) is 45.2. The predicted molar refractivity (Wildman–Crippen MR) is 286 cm³/mol. The fourth-order valence-corrected chi connectivity index (χ4v) is 11.3. The number of rotatable bonds is 5. The van der Waals surface area contributed by atoms with Gasteiger partial charge in [0.15, 0.2) is 11.6 Å². The van der Waals surface area contributed by atoms with Gasteiger partial charge in [-0.2, -0.15) is 9.97 Å². The smallest absolute Gasteiger partial charge is 0.238 e. The Balaban J connectivity index is 1.05. The van der Waals surface area contributed by atoms with Crippen LogP contribution >= 0.6 is 0 Å². The minimum absolute atomic E-state index is 0.550. The van der Waals surface area contributed by atoms with E-state index in [9.17, 15) is 0 Å². The van der Waals surface area contributed by atoms with Gasteiger partial charge in [-0.3, -0.25) is 4.57 Å². The van der Waals surface area contributed by atoms with Gasteiger partial charge < -0.3 is 9.13 Å². The van der Waals surface area contributed by atoms with Gasteiger partial charge in [0.25, 0.3) is 0 Å². The molecule has 0 atom stereocenters. The first-order valence-corrected chi connectivity index (χ1v) is 23.4. The van der Waals surface area contributed by atoms with E-state index >= 15 is 0 Å². The van der Waals surface area contributed by atoms with E-state index in [2.05, 4.69) is 226 Å². The average molecular weight is 879 g/mol. The molecule has 6 nitrogen and oxygen atoms in total. The molecule has 4 heterocycles. The van der Waals surface area contributed by atoms with Crippen molar-refractivity contribution in [3.8, 4) is 40.1 Å². The second kappa shape index (κ2) is 14.6. The second-order valence-corrected chi connectivity index (χ2v) is 18.0. The standard InChI is InChI=1S/C63H38N6/c1-3-17-39(18-4-1)61-64-62(40-31-33-51-48-25-11-14-28-55(48)67(58(51)37-40)41-19-5-2-6-20-41)66-63(65-61)69-57-30-16-13-27-50(57)53-36-35-52-49-26-12-15-29-56(49)68(59(52)60(53)69)42-32-34-47-45-23-8-7-21-43(45)44-22-9-10-24-46(44)54(47)38-42/h1-38H. The molecule has 0 saturated carbocycles. The first-order chi connectivity index (χ1) is 34.2. The van der Waals surface area contributed by atoms with Crippen LogP contribution in [-0.2, 0) is 0 Å². The maximum absolute atomic E-state index is 5.52. The molecule has 0 saturated heterocycles. The lowest BCUT2D eigenvalue weighted by Gasteiger charge is -2.15. The predicted octanol–water partition coefficient (Wildman–Crippen LogP) is 16.0. The van der Waals surface area contributed by atoms with Gasteiger partial charge in [0.1, 0.15) is 0 Å². The number of fused-ring (bicyclic) bond motifs is 16. The van der Waals surface area contributed by atoms with E-state index in [0.717, 1.165) is 71.8 Å². The lowest BCUT2D eigenvalue weighted by Crippen LogP contribution is -2.07. The van der Waals surface area contributed by atoms with Gasteiger partial charge in [0.05, 0.1) is 33.1 Å². The molecule has 0 aliphatic rings. The first-order valence-electron chi connectivity index (χ1n) is 23.4. The maximum Gasteiger partial charge on any atom is 0.238 e. The molecule has 15 aromatic rings. The number of hydrogen-bond donors (Lipinski definition) is 0. The van der Waals surface area contributed by atoms with Crippen molar-refractivity contribution in [2.45, 2.75) is 0 Å². The molecule has 0 amide bonds. The lowest BCUT2D eigenvalue weighted by atomic mass is 9.94. The van der Waals surface area contributed by atoms with Crippen LogP contribution < -0.4 is 0 Å². The van der Waals surface area contributed by atoms with Crippen molar-refractivity contribution in [1.82, 2.24) is 28.7 Å². The summed E-state index contributed by atoms with van der Waals surface area (Å²) < 4.78 is 7.08. The van der Waals surface area contributed by atoms with Gasteiger partial charge in [0.2, 0.25) is 5.95 Å². The molecule has 0 aliphatic carbocycles. The van der Waals surface area contributed by atoms with Gasteiger partial charge in [-0.15, -0.1) is 0 Å². The third-order valence-corrected chi connectivity index (χ3v) is 14.3. The van der Waals surface area contributed by atoms with Crippen LogP contribution in [0, 0.1) is 0 Å². The maximum atomic E-state index is 5.52. The van der Waals surface area contributed by atoms with E-state index in [1.54, 1.807) is 0 Å². The first kappa shape index (κ1) is 37.8. The molecule has 6 heteroatoms. The molecule has 4 aromatic heterocycles. The van der Waals surface area contributed by atoms with Crippen LogP contribution in [0.5, 0.6) is 0 Å². The quantitative estimate of drug-likeness (QED) is 0.162. The van der Waals surface area contributed by atoms with Crippen LogP contribution in [0.4, 0.5) is 0 Å². The van der Waals surface area contributed by atoms with Crippen LogP contribution in [0.1, 0.15) is 0 Å². The fraction of sp³-hybridized carbons (Fsp3) is 0. The van der Waals surface area contributed by atoms with Crippen molar-refractivity contribution in [2.24, 2.45) is 0 Å². The molecule has 0 aliphatic heterocycles. The molecule has 0 N–H and O–H groups in total. The van der Waals surface area contributed by atoms with Crippen LogP contribution in [0.2, 0.25) is 0 Å². The lowest BCUT2D eigenvalue weighted by molar-refractivity contribution is 0.953. The van der Waals surface area contributed by atoms with E-state index in [1.807, 2.05) is 18.2 Å². The Morgan fingerprint density at radius 2 is 0.652 bits per heavy atom. The highest BCUT2D eigenvalue weighted by Crippen LogP contribution is 2.44. The summed E-state index contributed by atoms with van der Waals surface area (Å²) in [6.07, 6.45) is 0. The van der Waals surface area contributed by atoms with E-state index < -0.39 is 0 Å². The van der Waals surface area contributed by atoms with Crippen molar-refractivity contribution in [2.75, 3.05) is 0 Å². The Hall–Kier alpha value is -9.39. The Morgan fingerprint density at radius 3 is 1.28 bits per heavy atom. The van der Waals surface area contributed by atoms with Crippen LogP contribution in [-0.4, -0.2) is 28.7 Å². The number of aromatic nitrogens is 6. The van der Waals surface area contributed by atoms with Gasteiger partial charge in [-0.1, -0.05) is 182 Å². The highest BCUT2D eigenvalue weighted by molar-refractivity contribution is 6.27. The average Bonchev–Trinajstić information content (AvgIpc) is 4.07. The third-order valence-electron chi connectivity index (χ3n) is 14.3. The molecule has 320 valence electrons. The van der Waals surface area contributed by atoms with E-state index in [-0.39, 0.29) is 0 Å². The molecule has 69 heavy (non-hydrogen) atoms. The third kappa shape index (κ3) is 5.51. The Bertz CT molecular complexity index is 4560. The van der Waals surface area contributed by atoms with Crippen LogP contribution in [0.3, 0.4) is 0 Å². The van der Waals surface area contributed by atoms with Crippen LogP contribution in [0.15, 0.2) is 231 Å². The van der Waals surface area contributed by atoms with Gasteiger partial charge in [-0.25, -0.2) is 4.98 Å². The highest BCUT2D eigenvalue weighted by atomic mass is 15.2. The summed E-state index contributed by atoms with van der Waals surface area (Å²) in [7, 11) is 0. The molecular formula is C63H38N6. The number of para-hydroxylation sites is 4. The summed E-state index contributed by atoms with van der Waals surface area (Å²) in [6.45, 7) is 0. The number of benzene rings is 11. The fourth-order valence-electron chi connectivity index (χ4n) is 11.3. The van der Waals surface area contributed by atoms with Crippen molar-refractivity contribution in [1.29, 1.82) is 0 Å². The van der Waals surface area contributed by atoms with Gasteiger partial charge in [-0.05, 0) is 80.8 Å². The minimum Gasteiger partial charge on any atom is -0.309 e. The van der Waals surface area contributed by atoms with Crippen LogP contribution in [0.25, 0.3) is 138 Å². The molecule has 0 bridgehead atoms. The number of hydrogen-bond acceptors (Lipinski definition) is 3. The van der Waals surface area contributed by atoms with E-state index in [4.69, 9.17) is 15.0 Å². The Labute approximate surface area is 395 Å². The summed E-state index contributed by atoms with van der Waals surface area (Å²) in [4.78, 5) is 16.2. The molecule has 0 radical (unpaired) electrons. The van der Waals surface area contributed by atoms with E-state index in [0.29, 0.717) is 17.6 Å². The van der Waals surface area contributed by atoms with E-state index in [1.165, 1.54) is 48.5 Å². The summed E-state index contributed by atoms with van der Waals surface area (Å²) >= 11 is 0. The zero-order valence-electron chi connectivity index (χ0n) is 37.1. The highest BCUT2D eigenvalue weighted by Gasteiger charge is 2.24. The summed E-state index contributed by atoms with van der Waals surface area (Å²) in [6, 6.07) is 82.7. The van der Waals surface area contributed by atoms with Crippen molar-refractivity contribution >= 4 is 97.7 Å². The summed E-state index contributed by atoms with van der Waals surface area (Å²) in [5.74, 6) is 1.75. The summed E-state index contributed by atoms with van der Waals surface area (Å²) in [5, 5.41) is 14.4.